The number of carbonyl (C=O) groups is 1. The number of pyridine rings is 3. The lowest BCUT2D eigenvalue weighted by Gasteiger charge is -2.11. The Hall–Kier alpha value is -3.34. The molecule has 0 N–H and O–H groups in total. The van der Waals surface area contributed by atoms with Gasteiger partial charge in [0.1, 0.15) is 11.3 Å². The van der Waals surface area contributed by atoms with Crippen LogP contribution in [0.1, 0.15) is 21.9 Å². The quantitative estimate of drug-likeness (QED) is 0.535. The maximum atomic E-state index is 11.2. The number of fused-ring (bicyclic) bond motifs is 1. The van der Waals surface area contributed by atoms with Crippen LogP contribution in [0, 0.1) is 13.8 Å². The minimum Gasteiger partial charge on any atom is -0.297 e. The molecule has 0 fully saturated rings. The van der Waals surface area contributed by atoms with E-state index in [1.165, 1.54) is 0 Å². The van der Waals surface area contributed by atoms with Crippen LogP contribution in [0.2, 0.25) is 0 Å². The first-order chi connectivity index (χ1) is 12.2. The molecule has 0 atom stereocenters. The molecule has 0 saturated heterocycles. The Labute approximate surface area is 145 Å². The minimum atomic E-state index is 0.521. The predicted molar refractivity (Wildman–Crippen MR) is 96.5 cm³/mol. The Balaban J connectivity index is 1.95. The number of hydrogen-bond acceptors (Lipinski definition) is 4. The van der Waals surface area contributed by atoms with Gasteiger partial charge >= 0.3 is 0 Å². The second kappa shape index (κ2) is 5.94. The zero-order valence-corrected chi connectivity index (χ0v) is 14.0. The molecule has 122 valence electrons. The number of rotatable bonds is 3. The van der Waals surface area contributed by atoms with Gasteiger partial charge in [0.05, 0.1) is 17.6 Å². The largest absolute Gasteiger partial charge is 0.297 e. The molecule has 0 bridgehead atoms. The molecule has 4 aromatic heterocycles. The van der Waals surface area contributed by atoms with Gasteiger partial charge < -0.3 is 0 Å². The van der Waals surface area contributed by atoms with E-state index in [4.69, 9.17) is 4.98 Å². The maximum Gasteiger partial charge on any atom is 0.168 e. The smallest absolute Gasteiger partial charge is 0.168 e. The average molecular weight is 328 g/mol. The van der Waals surface area contributed by atoms with Crippen LogP contribution in [0.15, 0.2) is 54.9 Å². The summed E-state index contributed by atoms with van der Waals surface area (Å²) in [4.78, 5) is 24.8. The second-order valence-electron chi connectivity index (χ2n) is 5.96. The van der Waals surface area contributed by atoms with Crippen molar-refractivity contribution in [1.82, 2.24) is 19.4 Å². The van der Waals surface area contributed by atoms with Crippen LogP contribution in [0.5, 0.6) is 0 Å². The fourth-order valence-electron chi connectivity index (χ4n) is 2.91. The summed E-state index contributed by atoms with van der Waals surface area (Å²) in [6, 6.07) is 13.8. The third kappa shape index (κ3) is 2.70. The van der Waals surface area contributed by atoms with Gasteiger partial charge in [0.2, 0.25) is 0 Å². The Morgan fingerprint density at radius 2 is 1.80 bits per heavy atom. The zero-order valence-electron chi connectivity index (χ0n) is 14.0. The summed E-state index contributed by atoms with van der Waals surface area (Å²) in [7, 11) is 0. The highest BCUT2D eigenvalue weighted by Gasteiger charge is 2.12. The summed E-state index contributed by atoms with van der Waals surface area (Å²) in [5.74, 6) is 0. The molecule has 25 heavy (non-hydrogen) atoms. The molecule has 0 amide bonds. The molecule has 4 heterocycles. The molecule has 0 aromatic carbocycles. The van der Waals surface area contributed by atoms with Crippen LogP contribution >= 0.6 is 0 Å². The van der Waals surface area contributed by atoms with Crippen LogP contribution < -0.4 is 0 Å². The summed E-state index contributed by atoms with van der Waals surface area (Å²) >= 11 is 0. The fourth-order valence-corrected chi connectivity index (χ4v) is 2.91. The van der Waals surface area contributed by atoms with E-state index in [1.807, 2.05) is 62.5 Å². The van der Waals surface area contributed by atoms with Crippen LogP contribution in [-0.4, -0.2) is 25.6 Å². The lowest BCUT2D eigenvalue weighted by Crippen LogP contribution is -1.97. The molecule has 0 aliphatic rings. The summed E-state index contributed by atoms with van der Waals surface area (Å²) in [6.07, 6.45) is 4.29. The van der Waals surface area contributed by atoms with Crippen molar-refractivity contribution in [2.24, 2.45) is 0 Å². The number of aryl methyl sites for hydroxylation is 2. The summed E-state index contributed by atoms with van der Waals surface area (Å²) in [6.45, 7) is 3.93. The second-order valence-corrected chi connectivity index (χ2v) is 5.96. The molecular weight excluding hydrogens is 312 g/mol. The van der Waals surface area contributed by atoms with Crippen LogP contribution in [-0.2, 0) is 0 Å². The molecular formula is C20H16N4O. The summed E-state index contributed by atoms with van der Waals surface area (Å²) in [5, 5.41) is 0. The van der Waals surface area contributed by atoms with Crippen LogP contribution in [0.4, 0.5) is 0 Å². The third-order valence-corrected chi connectivity index (χ3v) is 4.13. The first kappa shape index (κ1) is 15.2. The van der Waals surface area contributed by atoms with Crippen molar-refractivity contribution >= 4 is 11.9 Å². The number of aromatic nitrogens is 4. The van der Waals surface area contributed by atoms with E-state index in [1.54, 1.807) is 10.6 Å². The monoisotopic (exact) mass is 328 g/mol. The molecule has 5 nitrogen and oxygen atoms in total. The van der Waals surface area contributed by atoms with E-state index < -0.39 is 0 Å². The number of aldehydes is 1. The minimum absolute atomic E-state index is 0.521. The third-order valence-electron chi connectivity index (χ3n) is 4.13. The molecule has 5 heteroatoms. The van der Waals surface area contributed by atoms with Gasteiger partial charge in [-0.15, -0.1) is 0 Å². The van der Waals surface area contributed by atoms with Gasteiger partial charge in [-0.2, -0.15) is 0 Å². The highest BCUT2D eigenvalue weighted by Crippen LogP contribution is 2.30. The Morgan fingerprint density at radius 3 is 2.60 bits per heavy atom. The van der Waals surface area contributed by atoms with Crippen molar-refractivity contribution in [1.29, 1.82) is 0 Å². The van der Waals surface area contributed by atoms with Gasteiger partial charge in [-0.25, -0.2) is 4.98 Å². The normalized spacial score (nSPS) is 11.0. The van der Waals surface area contributed by atoms with E-state index in [-0.39, 0.29) is 0 Å². The highest BCUT2D eigenvalue weighted by atomic mass is 16.1. The first-order valence-electron chi connectivity index (χ1n) is 8.00. The van der Waals surface area contributed by atoms with E-state index in [0.717, 1.165) is 45.8 Å². The van der Waals surface area contributed by atoms with Gasteiger partial charge in [0.25, 0.3) is 0 Å². The number of imidazole rings is 1. The van der Waals surface area contributed by atoms with Crippen molar-refractivity contribution in [2.75, 3.05) is 0 Å². The SMILES string of the molecule is Cc1cccc(-c2nc(C)ccc2-c2ccc3ncc(C=O)n3c2)n1. The van der Waals surface area contributed by atoms with Crippen LogP contribution in [0.25, 0.3) is 28.2 Å². The molecule has 0 radical (unpaired) electrons. The van der Waals surface area contributed by atoms with Gasteiger partial charge in [-0.3, -0.25) is 19.2 Å². The van der Waals surface area contributed by atoms with Crippen molar-refractivity contribution < 1.29 is 4.79 Å². The molecule has 4 rings (SSSR count). The molecule has 0 unspecified atom stereocenters. The number of nitrogens with zero attached hydrogens (tertiary/aromatic N) is 4. The zero-order chi connectivity index (χ0) is 17.4. The average Bonchev–Trinajstić information content (AvgIpc) is 3.04. The van der Waals surface area contributed by atoms with Gasteiger partial charge in [-0.05, 0) is 44.2 Å². The van der Waals surface area contributed by atoms with Crippen LogP contribution in [0.3, 0.4) is 0 Å². The first-order valence-corrected chi connectivity index (χ1v) is 8.00. The predicted octanol–water partition coefficient (Wildman–Crippen LogP) is 3.89. The topological polar surface area (TPSA) is 60.2 Å². The van der Waals surface area contributed by atoms with E-state index >= 15 is 0 Å². The maximum absolute atomic E-state index is 11.2. The van der Waals surface area contributed by atoms with Crippen molar-refractivity contribution in [3.05, 3.63) is 71.9 Å². The molecule has 0 aliphatic carbocycles. The fraction of sp³-hybridized carbons (Fsp3) is 0.100. The lowest BCUT2D eigenvalue weighted by atomic mass is 10.0. The van der Waals surface area contributed by atoms with E-state index in [9.17, 15) is 4.79 Å². The van der Waals surface area contributed by atoms with Gasteiger partial charge in [-0.1, -0.05) is 12.1 Å². The number of carbonyl (C=O) groups excluding carboxylic acids is 1. The Bertz CT molecular complexity index is 1100. The summed E-state index contributed by atoms with van der Waals surface area (Å²) < 4.78 is 1.79. The lowest BCUT2D eigenvalue weighted by molar-refractivity contribution is 0.111. The molecule has 0 aliphatic heterocycles. The number of hydrogen-bond donors (Lipinski definition) is 0. The van der Waals surface area contributed by atoms with Gasteiger partial charge in [0.15, 0.2) is 6.29 Å². The van der Waals surface area contributed by atoms with E-state index in [2.05, 4.69) is 9.97 Å². The molecule has 4 aromatic rings. The van der Waals surface area contributed by atoms with Crippen molar-refractivity contribution in [3.63, 3.8) is 0 Å². The molecule has 0 saturated carbocycles. The van der Waals surface area contributed by atoms with Crippen molar-refractivity contribution in [3.8, 4) is 22.5 Å². The Kier molecular flexibility index (Phi) is 3.61. The van der Waals surface area contributed by atoms with E-state index in [0.29, 0.717) is 5.69 Å². The molecule has 0 spiro atoms. The highest BCUT2D eigenvalue weighted by molar-refractivity contribution is 5.81. The Morgan fingerprint density at radius 1 is 0.960 bits per heavy atom. The van der Waals surface area contributed by atoms with Crippen molar-refractivity contribution in [2.45, 2.75) is 13.8 Å². The standard InChI is InChI=1S/C20H16N4O/c1-13-4-3-5-18(22-13)20-17(8-6-14(2)23-20)15-7-9-19-21-10-16(12-25)24(19)11-15/h3-12H,1-2H3. The van der Waals surface area contributed by atoms with Gasteiger partial charge in [0, 0.05) is 28.7 Å². The summed E-state index contributed by atoms with van der Waals surface area (Å²) in [5.41, 5.74) is 6.72.